The average molecular weight is 351 g/mol. The van der Waals surface area contributed by atoms with Crippen molar-refractivity contribution in [1.29, 1.82) is 0 Å². The monoisotopic (exact) mass is 350 g/mol. The fraction of sp³-hybridized carbons (Fsp3) is 0.294. The zero-order valence-corrected chi connectivity index (χ0v) is 14.7. The molecule has 0 radical (unpaired) electrons. The van der Waals surface area contributed by atoms with E-state index in [2.05, 4.69) is 5.32 Å². The molecule has 0 aromatic heterocycles. The summed E-state index contributed by atoms with van der Waals surface area (Å²) in [4.78, 5) is 0.147. The van der Waals surface area contributed by atoms with Gasteiger partial charge in [-0.1, -0.05) is 35.9 Å². The zero-order chi connectivity index (χ0) is 16.6. The molecule has 1 unspecified atom stereocenters. The Morgan fingerprint density at radius 3 is 2.70 bits per heavy atom. The SMILES string of the molecule is Cc1ccc(S(=O)(=O)N2CC(C)NCc3ccccc32)c(Cl)c1. The summed E-state index contributed by atoms with van der Waals surface area (Å²) < 4.78 is 27.9. The first kappa shape index (κ1) is 16.3. The maximum absolute atomic E-state index is 13.2. The summed E-state index contributed by atoms with van der Waals surface area (Å²) in [5, 5.41) is 3.60. The van der Waals surface area contributed by atoms with Crippen LogP contribution in [-0.4, -0.2) is 21.0 Å². The lowest BCUT2D eigenvalue weighted by Crippen LogP contribution is -2.39. The molecular formula is C17H19ClN2O2S. The number of nitrogens with zero attached hydrogens (tertiary/aromatic N) is 1. The Kier molecular flexibility index (Phi) is 4.36. The van der Waals surface area contributed by atoms with Gasteiger partial charge in [0.1, 0.15) is 4.90 Å². The van der Waals surface area contributed by atoms with Gasteiger partial charge in [0.05, 0.1) is 10.7 Å². The summed E-state index contributed by atoms with van der Waals surface area (Å²) >= 11 is 6.22. The van der Waals surface area contributed by atoms with E-state index < -0.39 is 10.0 Å². The number of rotatable bonds is 2. The zero-order valence-electron chi connectivity index (χ0n) is 13.1. The molecular weight excluding hydrogens is 332 g/mol. The van der Waals surface area contributed by atoms with Crippen LogP contribution in [0.3, 0.4) is 0 Å². The van der Waals surface area contributed by atoms with Crippen molar-refractivity contribution in [2.45, 2.75) is 31.3 Å². The topological polar surface area (TPSA) is 49.4 Å². The fourth-order valence-corrected chi connectivity index (χ4v) is 4.93. The van der Waals surface area contributed by atoms with E-state index in [1.807, 2.05) is 38.1 Å². The molecule has 3 rings (SSSR count). The standard InChI is InChI=1S/C17H19ClN2O2S/c1-12-7-8-17(15(18)9-12)23(21,22)20-11-13(2)19-10-14-5-3-4-6-16(14)20/h3-9,13,19H,10-11H2,1-2H3. The second-order valence-electron chi connectivity index (χ2n) is 5.88. The number of hydrogen-bond acceptors (Lipinski definition) is 3. The quantitative estimate of drug-likeness (QED) is 0.903. The van der Waals surface area contributed by atoms with E-state index in [1.165, 1.54) is 4.31 Å². The van der Waals surface area contributed by atoms with E-state index in [0.29, 0.717) is 18.8 Å². The summed E-state index contributed by atoms with van der Waals surface area (Å²) in [6, 6.07) is 12.6. The van der Waals surface area contributed by atoms with Crippen molar-refractivity contribution in [1.82, 2.24) is 5.32 Å². The van der Waals surface area contributed by atoms with Gasteiger partial charge >= 0.3 is 0 Å². The number of aryl methyl sites for hydroxylation is 1. The molecule has 122 valence electrons. The molecule has 1 heterocycles. The van der Waals surface area contributed by atoms with Gasteiger partial charge in [-0.2, -0.15) is 0 Å². The van der Waals surface area contributed by atoms with Gasteiger partial charge in [-0.25, -0.2) is 8.42 Å². The molecule has 0 saturated carbocycles. The number of anilines is 1. The number of benzene rings is 2. The lowest BCUT2D eigenvalue weighted by molar-refractivity contribution is 0.556. The van der Waals surface area contributed by atoms with Gasteiger partial charge in [-0.15, -0.1) is 0 Å². The summed E-state index contributed by atoms with van der Waals surface area (Å²) in [5.74, 6) is 0. The van der Waals surface area contributed by atoms with Crippen molar-refractivity contribution >= 4 is 27.3 Å². The highest BCUT2D eigenvalue weighted by Crippen LogP contribution is 2.32. The number of halogens is 1. The maximum atomic E-state index is 13.2. The number of sulfonamides is 1. The summed E-state index contributed by atoms with van der Waals surface area (Å²) in [6.07, 6.45) is 0. The minimum absolute atomic E-state index is 0.0430. The molecule has 1 aliphatic rings. The van der Waals surface area contributed by atoms with Gasteiger partial charge in [-0.3, -0.25) is 4.31 Å². The second-order valence-corrected chi connectivity index (χ2v) is 8.12. The Morgan fingerprint density at radius 1 is 1.22 bits per heavy atom. The van der Waals surface area contributed by atoms with Crippen molar-refractivity contribution in [2.75, 3.05) is 10.8 Å². The third kappa shape index (κ3) is 3.09. The normalized spacial score (nSPS) is 18.4. The molecule has 1 atom stereocenters. The molecule has 0 aliphatic carbocycles. The van der Waals surface area contributed by atoms with Gasteiger partial charge in [0.15, 0.2) is 0 Å². The van der Waals surface area contributed by atoms with Gasteiger partial charge in [0.25, 0.3) is 10.0 Å². The first-order valence-electron chi connectivity index (χ1n) is 7.50. The molecule has 4 nitrogen and oxygen atoms in total. The van der Waals surface area contributed by atoms with Crippen LogP contribution in [0, 0.1) is 6.92 Å². The predicted molar refractivity (Wildman–Crippen MR) is 93.5 cm³/mol. The van der Waals surface area contributed by atoms with E-state index in [4.69, 9.17) is 11.6 Å². The smallest absolute Gasteiger partial charge is 0.265 e. The third-order valence-corrected chi connectivity index (χ3v) is 6.26. The maximum Gasteiger partial charge on any atom is 0.265 e. The van der Waals surface area contributed by atoms with Crippen LogP contribution in [0.4, 0.5) is 5.69 Å². The van der Waals surface area contributed by atoms with Gasteiger partial charge in [-0.05, 0) is 43.2 Å². The van der Waals surface area contributed by atoms with E-state index in [1.54, 1.807) is 18.2 Å². The molecule has 0 bridgehead atoms. The highest BCUT2D eigenvalue weighted by Gasteiger charge is 2.31. The fourth-order valence-electron chi connectivity index (χ4n) is 2.76. The second kappa shape index (κ2) is 6.15. The van der Waals surface area contributed by atoms with Crippen LogP contribution in [0.5, 0.6) is 0 Å². The number of hydrogen-bond donors (Lipinski definition) is 1. The van der Waals surface area contributed by atoms with Crippen molar-refractivity contribution in [3.05, 3.63) is 58.6 Å². The van der Waals surface area contributed by atoms with Crippen LogP contribution in [0.2, 0.25) is 5.02 Å². The van der Waals surface area contributed by atoms with Crippen LogP contribution in [0.25, 0.3) is 0 Å². The minimum atomic E-state index is -3.72. The lowest BCUT2D eigenvalue weighted by Gasteiger charge is -2.26. The largest absolute Gasteiger partial charge is 0.308 e. The summed E-state index contributed by atoms with van der Waals surface area (Å²) in [7, 11) is -3.72. The average Bonchev–Trinajstić information content (AvgIpc) is 2.67. The summed E-state index contributed by atoms with van der Waals surface area (Å²) in [6.45, 7) is 4.87. The molecule has 0 spiro atoms. The summed E-state index contributed by atoms with van der Waals surface area (Å²) in [5.41, 5.74) is 2.60. The van der Waals surface area contributed by atoms with Crippen LogP contribution in [0.1, 0.15) is 18.1 Å². The van der Waals surface area contributed by atoms with Crippen LogP contribution in [-0.2, 0) is 16.6 Å². The van der Waals surface area contributed by atoms with Gasteiger partial charge in [0, 0.05) is 19.1 Å². The Morgan fingerprint density at radius 2 is 1.96 bits per heavy atom. The molecule has 0 fully saturated rings. The Balaban J connectivity index is 2.14. The Hall–Kier alpha value is -1.56. The number of para-hydroxylation sites is 1. The van der Waals surface area contributed by atoms with E-state index in [0.717, 1.165) is 11.1 Å². The Labute approximate surface area is 142 Å². The Bertz CT molecular complexity index is 836. The van der Waals surface area contributed by atoms with Crippen molar-refractivity contribution in [3.8, 4) is 0 Å². The molecule has 2 aromatic rings. The van der Waals surface area contributed by atoms with E-state index in [-0.39, 0.29) is 16.0 Å². The van der Waals surface area contributed by atoms with Crippen LogP contribution < -0.4 is 9.62 Å². The third-order valence-electron chi connectivity index (χ3n) is 4.00. The minimum Gasteiger partial charge on any atom is -0.308 e. The molecule has 6 heteroatoms. The first-order chi connectivity index (χ1) is 10.9. The van der Waals surface area contributed by atoms with Gasteiger partial charge < -0.3 is 5.32 Å². The molecule has 1 aliphatic heterocycles. The lowest BCUT2D eigenvalue weighted by atomic mass is 10.2. The van der Waals surface area contributed by atoms with Crippen molar-refractivity contribution in [3.63, 3.8) is 0 Å². The van der Waals surface area contributed by atoms with Crippen LogP contribution in [0.15, 0.2) is 47.4 Å². The molecule has 23 heavy (non-hydrogen) atoms. The highest BCUT2D eigenvalue weighted by atomic mass is 35.5. The van der Waals surface area contributed by atoms with Gasteiger partial charge in [0.2, 0.25) is 0 Å². The molecule has 0 saturated heterocycles. The molecule has 1 N–H and O–H groups in total. The molecule has 0 amide bonds. The van der Waals surface area contributed by atoms with E-state index >= 15 is 0 Å². The highest BCUT2D eigenvalue weighted by molar-refractivity contribution is 7.93. The first-order valence-corrected chi connectivity index (χ1v) is 9.31. The molecule has 2 aromatic carbocycles. The number of fused-ring (bicyclic) bond motifs is 1. The van der Waals surface area contributed by atoms with E-state index in [9.17, 15) is 8.42 Å². The number of nitrogens with one attached hydrogen (secondary N) is 1. The predicted octanol–water partition coefficient (Wildman–Crippen LogP) is 3.34. The van der Waals surface area contributed by atoms with Crippen molar-refractivity contribution in [2.24, 2.45) is 0 Å². The van der Waals surface area contributed by atoms with Crippen LogP contribution >= 0.6 is 11.6 Å². The van der Waals surface area contributed by atoms with Crippen molar-refractivity contribution < 1.29 is 8.42 Å².